The van der Waals surface area contributed by atoms with E-state index in [-0.39, 0.29) is 8.61 Å². The molecule has 0 bridgehead atoms. The summed E-state index contributed by atoms with van der Waals surface area (Å²) >= 11 is 0. The van der Waals surface area contributed by atoms with E-state index in [2.05, 4.69) is 66.7 Å². The molecule has 3 heteroatoms. The van der Waals surface area contributed by atoms with Crippen molar-refractivity contribution in [2.24, 2.45) is 0 Å². The van der Waals surface area contributed by atoms with Gasteiger partial charge in [-0.05, 0) is 28.7 Å². The van der Waals surface area contributed by atoms with E-state index < -0.39 is 0 Å². The van der Waals surface area contributed by atoms with Gasteiger partial charge >= 0.3 is 0 Å². The van der Waals surface area contributed by atoms with Crippen LogP contribution in [-0.4, -0.2) is 11.2 Å². The minimum Gasteiger partial charge on any atom is -0.256 e. The van der Waals surface area contributed by atoms with Gasteiger partial charge in [0.1, 0.15) is 0 Å². The second-order valence-corrected chi connectivity index (χ2v) is 6.45. The number of nitrogens with zero attached hydrogens (tertiary/aromatic N) is 1. The highest BCUT2D eigenvalue weighted by atomic mass is 31.1. The molecule has 0 unspecified atom stereocenters. The number of rotatable bonds is 2. The first kappa shape index (κ1) is 16.6. The van der Waals surface area contributed by atoms with Gasteiger partial charge in [0.15, 0.2) is 0 Å². The van der Waals surface area contributed by atoms with E-state index in [1.807, 2.05) is 22.9 Å². The summed E-state index contributed by atoms with van der Waals surface area (Å²) in [5, 5.41) is 0. The Bertz CT molecular complexity index is 737. The lowest BCUT2D eigenvalue weighted by atomic mass is 10.0. The molecule has 1 heterocycles. The maximum atomic E-state index is 10.6. The highest BCUT2D eigenvalue weighted by molar-refractivity contribution is 7.20. The van der Waals surface area contributed by atoms with Crippen molar-refractivity contribution in [3.63, 3.8) is 0 Å². The fourth-order valence-corrected chi connectivity index (χ4v) is 3.20. The molecule has 0 amide bonds. The fraction of sp³-hybridized carbons (Fsp3) is 0.143. The second kappa shape index (κ2) is 8.54. The van der Waals surface area contributed by atoms with Crippen LogP contribution in [0.2, 0.25) is 0 Å². The molecule has 1 aliphatic heterocycles. The molecule has 0 spiro atoms. The van der Waals surface area contributed by atoms with Crippen LogP contribution in [0.15, 0.2) is 84.9 Å². The topological polar surface area (TPSA) is 20.3 Å². The molecule has 120 valence electrons. The quantitative estimate of drug-likeness (QED) is 0.569. The Balaban J connectivity index is 0.000000141. The van der Waals surface area contributed by atoms with E-state index in [0.717, 1.165) is 19.5 Å². The highest BCUT2D eigenvalue weighted by Crippen LogP contribution is 2.22. The lowest BCUT2D eigenvalue weighted by Crippen LogP contribution is -2.21. The zero-order chi connectivity index (χ0) is 16.6. The summed E-state index contributed by atoms with van der Waals surface area (Å²) in [7, 11) is 0.148. The van der Waals surface area contributed by atoms with Crippen LogP contribution in [0.1, 0.15) is 11.1 Å². The van der Waals surface area contributed by atoms with Gasteiger partial charge in [0.25, 0.3) is 0 Å². The van der Waals surface area contributed by atoms with Crippen molar-refractivity contribution < 1.29 is 4.57 Å². The average Bonchev–Trinajstić information content (AvgIpc) is 2.69. The molecular formula is C21H20NOP. The first-order valence-corrected chi connectivity index (χ1v) is 8.89. The Labute approximate surface area is 145 Å². The summed E-state index contributed by atoms with van der Waals surface area (Å²) < 4.78 is 12.5. The molecule has 0 saturated carbocycles. The molecule has 3 aromatic rings. The van der Waals surface area contributed by atoms with Gasteiger partial charge in [-0.15, -0.1) is 0 Å². The molecule has 4 rings (SSSR count). The van der Waals surface area contributed by atoms with Crippen LogP contribution < -0.4 is 0 Å². The van der Waals surface area contributed by atoms with Crippen molar-refractivity contribution in [3.05, 3.63) is 96.1 Å². The first-order valence-electron chi connectivity index (χ1n) is 8.12. The van der Waals surface area contributed by atoms with Gasteiger partial charge in [-0.1, -0.05) is 84.9 Å². The molecule has 1 aliphatic rings. The minimum atomic E-state index is 0.148. The van der Waals surface area contributed by atoms with E-state index in [1.54, 1.807) is 0 Å². The predicted molar refractivity (Wildman–Crippen MR) is 100 cm³/mol. The zero-order valence-electron chi connectivity index (χ0n) is 13.5. The highest BCUT2D eigenvalue weighted by Gasteiger charge is 2.14. The molecule has 24 heavy (non-hydrogen) atoms. The Hall–Kier alpha value is -2.28. The van der Waals surface area contributed by atoms with E-state index in [4.69, 9.17) is 0 Å². The molecule has 0 aromatic heterocycles. The monoisotopic (exact) mass is 333 g/mol. The van der Waals surface area contributed by atoms with E-state index in [0.29, 0.717) is 0 Å². The van der Waals surface area contributed by atoms with Gasteiger partial charge in [0.2, 0.25) is 8.61 Å². The van der Waals surface area contributed by atoms with Crippen molar-refractivity contribution in [1.82, 2.24) is 4.67 Å². The van der Waals surface area contributed by atoms with Crippen LogP contribution >= 0.6 is 8.61 Å². The minimum absolute atomic E-state index is 0.148. The number of hydrogen-bond donors (Lipinski definition) is 0. The summed E-state index contributed by atoms with van der Waals surface area (Å²) in [6.45, 7) is 1.73. The van der Waals surface area contributed by atoms with Gasteiger partial charge in [-0.25, -0.2) is 4.67 Å². The summed E-state index contributed by atoms with van der Waals surface area (Å²) in [6, 6.07) is 29.1. The van der Waals surface area contributed by atoms with E-state index in [1.165, 1.54) is 22.3 Å². The van der Waals surface area contributed by atoms with Gasteiger partial charge in [-0.3, -0.25) is 4.57 Å². The Morgan fingerprint density at radius 1 is 0.667 bits per heavy atom. The van der Waals surface area contributed by atoms with Crippen LogP contribution in [0.25, 0.3) is 11.1 Å². The van der Waals surface area contributed by atoms with Crippen LogP contribution in [0.3, 0.4) is 0 Å². The lowest BCUT2D eigenvalue weighted by Gasteiger charge is -2.22. The van der Waals surface area contributed by atoms with Crippen molar-refractivity contribution >= 4 is 8.61 Å². The van der Waals surface area contributed by atoms with E-state index in [9.17, 15) is 4.57 Å². The second-order valence-electron chi connectivity index (χ2n) is 5.72. The van der Waals surface area contributed by atoms with Gasteiger partial charge in [0.05, 0.1) is 0 Å². The zero-order valence-corrected chi connectivity index (χ0v) is 14.4. The molecule has 0 fully saturated rings. The maximum absolute atomic E-state index is 10.6. The van der Waals surface area contributed by atoms with Crippen molar-refractivity contribution in [3.8, 4) is 11.1 Å². The van der Waals surface area contributed by atoms with Crippen molar-refractivity contribution in [1.29, 1.82) is 0 Å². The number of fused-ring (bicyclic) bond motifs is 1. The normalized spacial score (nSPS) is 13.7. The molecule has 0 radical (unpaired) electrons. The molecular weight excluding hydrogens is 313 g/mol. The summed E-state index contributed by atoms with van der Waals surface area (Å²) in [6.07, 6.45) is 1.02. The lowest BCUT2D eigenvalue weighted by molar-refractivity contribution is 0.414. The smallest absolute Gasteiger partial charge is 0.249 e. The van der Waals surface area contributed by atoms with Gasteiger partial charge in [0, 0.05) is 13.1 Å². The van der Waals surface area contributed by atoms with Crippen molar-refractivity contribution in [2.45, 2.75) is 13.0 Å². The Kier molecular flexibility index (Phi) is 5.90. The van der Waals surface area contributed by atoms with Gasteiger partial charge < -0.3 is 0 Å². The summed E-state index contributed by atoms with van der Waals surface area (Å²) in [5.41, 5.74) is 5.26. The number of benzene rings is 3. The van der Waals surface area contributed by atoms with Crippen LogP contribution in [0, 0.1) is 0 Å². The maximum Gasteiger partial charge on any atom is 0.249 e. The fourth-order valence-electron chi connectivity index (χ4n) is 2.81. The third-order valence-electron chi connectivity index (χ3n) is 4.11. The molecule has 0 atom stereocenters. The van der Waals surface area contributed by atoms with Crippen LogP contribution in [0.5, 0.6) is 0 Å². The summed E-state index contributed by atoms with van der Waals surface area (Å²) in [5.74, 6) is 0. The molecule has 0 aliphatic carbocycles. The molecule has 0 saturated heterocycles. The largest absolute Gasteiger partial charge is 0.256 e. The third kappa shape index (κ3) is 4.38. The van der Waals surface area contributed by atoms with Crippen LogP contribution in [-0.2, 0) is 17.5 Å². The molecule has 2 nitrogen and oxygen atoms in total. The third-order valence-corrected chi connectivity index (χ3v) is 4.68. The Morgan fingerprint density at radius 3 is 1.71 bits per heavy atom. The van der Waals surface area contributed by atoms with Crippen LogP contribution in [0.4, 0.5) is 0 Å². The van der Waals surface area contributed by atoms with E-state index >= 15 is 0 Å². The average molecular weight is 333 g/mol. The Morgan fingerprint density at radius 2 is 1.17 bits per heavy atom. The molecule has 0 N–H and O–H groups in total. The molecule has 3 aromatic carbocycles. The standard InChI is InChI=1S/C12H10.C9H10NOP/c1-3-7-11(8-4-1)12-9-5-2-6-10-12;11-12-10-6-5-8-3-1-2-4-9(8)7-10/h1-10H;1-4H,5-7H2. The summed E-state index contributed by atoms with van der Waals surface area (Å²) in [4.78, 5) is 0. The first-order chi connectivity index (χ1) is 11.9. The van der Waals surface area contributed by atoms with Gasteiger partial charge in [-0.2, -0.15) is 0 Å². The van der Waals surface area contributed by atoms with Crippen molar-refractivity contribution in [2.75, 3.05) is 6.54 Å². The SMILES string of the molecule is O=PN1CCc2ccccc2C1.c1ccc(-c2ccccc2)cc1. The number of hydrogen-bond acceptors (Lipinski definition) is 1. The predicted octanol–water partition coefficient (Wildman–Crippen LogP) is 5.61.